The molecule has 0 radical (unpaired) electrons. The summed E-state index contributed by atoms with van der Waals surface area (Å²) in [6, 6.07) is 7.66. The van der Waals surface area contributed by atoms with Crippen molar-refractivity contribution in [1.82, 2.24) is 10.3 Å². The van der Waals surface area contributed by atoms with Crippen LogP contribution in [0.15, 0.2) is 38.5 Å². The van der Waals surface area contributed by atoms with Gasteiger partial charge in [0, 0.05) is 11.0 Å². The maximum atomic E-state index is 12.3. The average Bonchev–Trinajstić information content (AvgIpc) is 3.33. The second-order valence-corrected chi connectivity index (χ2v) is 7.88. The molecule has 148 valence electrons. The summed E-state index contributed by atoms with van der Waals surface area (Å²) in [5.74, 6) is 2.45. The molecular formula is C20H21BrN2O4S. The molecule has 0 aliphatic heterocycles. The van der Waals surface area contributed by atoms with Crippen LogP contribution in [0.4, 0.5) is 0 Å². The Balaban J connectivity index is 1.57. The number of hydrogen-bond acceptors (Lipinski definition) is 6. The Morgan fingerprint density at radius 2 is 2.04 bits per heavy atom. The lowest BCUT2D eigenvalue weighted by Gasteiger charge is -2.12. The van der Waals surface area contributed by atoms with Gasteiger partial charge in [0.2, 0.25) is 11.8 Å². The van der Waals surface area contributed by atoms with Crippen LogP contribution in [0.5, 0.6) is 11.5 Å². The number of nitrogens with zero attached hydrogens (tertiary/aromatic N) is 1. The SMILES string of the molecule is COc1cc(Br)c(CCNC(=O)Cc2nc(-c3cccs3)oc2C)cc1OC. The van der Waals surface area contributed by atoms with Crippen LogP contribution in [0.2, 0.25) is 0 Å². The van der Waals surface area contributed by atoms with Crippen LogP contribution in [0.3, 0.4) is 0 Å². The van der Waals surface area contributed by atoms with E-state index in [1.165, 1.54) is 0 Å². The van der Waals surface area contributed by atoms with Crippen molar-refractivity contribution in [3.63, 3.8) is 0 Å². The highest BCUT2D eigenvalue weighted by Gasteiger charge is 2.15. The van der Waals surface area contributed by atoms with E-state index in [-0.39, 0.29) is 12.3 Å². The largest absolute Gasteiger partial charge is 0.493 e. The van der Waals surface area contributed by atoms with E-state index in [1.54, 1.807) is 25.6 Å². The number of carbonyl (C=O) groups excluding carboxylic acids is 1. The van der Waals surface area contributed by atoms with Crippen molar-refractivity contribution in [3.8, 4) is 22.3 Å². The zero-order valence-corrected chi connectivity index (χ0v) is 18.3. The van der Waals surface area contributed by atoms with Crippen LogP contribution >= 0.6 is 27.3 Å². The number of hydrogen-bond donors (Lipinski definition) is 1. The van der Waals surface area contributed by atoms with Gasteiger partial charge in [-0.25, -0.2) is 4.98 Å². The molecule has 0 fully saturated rings. The highest BCUT2D eigenvalue weighted by molar-refractivity contribution is 9.10. The van der Waals surface area contributed by atoms with Gasteiger partial charge >= 0.3 is 0 Å². The summed E-state index contributed by atoms with van der Waals surface area (Å²) in [6.45, 7) is 2.33. The van der Waals surface area contributed by atoms with Gasteiger partial charge in [-0.3, -0.25) is 4.79 Å². The van der Waals surface area contributed by atoms with Gasteiger partial charge in [-0.2, -0.15) is 0 Å². The standard InChI is InChI=1S/C20H21BrN2O4S/c1-12-15(23-20(27-12)18-5-4-8-28-18)11-19(24)22-7-6-13-9-16(25-2)17(26-3)10-14(13)21/h4-5,8-10H,6-7,11H2,1-3H3,(H,22,24). The van der Waals surface area contributed by atoms with Gasteiger partial charge in [-0.1, -0.05) is 22.0 Å². The molecule has 1 N–H and O–H groups in total. The first-order chi connectivity index (χ1) is 13.5. The normalized spacial score (nSPS) is 10.7. The molecule has 0 saturated heterocycles. The van der Waals surface area contributed by atoms with Crippen LogP contribution in [0.1, 0.15) is 17.0 Å². The van der Waals surface area contributed by atoms with Crippen LogP contribution < -0.4 is 14.8 Å². The van der Waals surface area contributed by atoms with Crippen molar-refractivity contribution >= 4 is 33.2 Å². The predicted molar refractivity (Wildman–Crippen MR) is 112 cm³/mol. The lowest BCUT2D eigenvalue weighted by atomic mass is 10.1. The number of thiophene rings is 1. The van der Waals surface area contributed by atoms with E-state index in [4.69, 9.17) is 13.9 Å². The van der Waals surface area contributed by atoms with E-state index in [1.807, 2.05) is 36.6 Å². The number of methoxy groups -OCH3 is 2. The summed E-state index contributed by atoms with van der Waals surface area (Å²) in [5.41, 5.74) is 1.68. The molecule has 28 heavy (non-hydrogen) atoms. The van der Waals surface area contributed by atoms with Crippen molar-refractivity contribution in [3.05, 3.63) is 51.1 Å². The van der Waals surface area contributed by atoms with Gasteiger partial charge in [-0.05, 0) is 42.5 Å². The quantitative estimate of drug-likeness (QED) is 0.534. The molecule has 2 heterocycles. The maximum Gasteiger partial charge on any atom is 0.236 e. The summed E-state index contributed by atoms with van der Waals surface area (Å²) in [5, 5.41) is 4.90. The minimum atomic E-state index is -0.0919. The number of amides is 1. The molecule has 1 amide bonds. The molecule has 3 rings (SSSR count). The zero-order chi connectivity index (χ0) is 20.1. The third kappa shape index (κ3) is 4.74. The lowest BCUT2D eigenvalue weighted by molar-refractivity contribution is -0.120. The van der Waals surface area contributed by atoms with E-state index >= 15 is 0 Å². The van der Waals surface area contributed by atoms with E-state index in [2.05, 4.69) is 26.2 Å². The van der Waals surface area contributed by atoms with Crippen LogP contribution in [0.25, 0.3) is 10.8 Å². The molecule has 0 unspecified atom stereocenters. The number of oxazole rings is 1. The number of ether oxygens (including phenoxy) is 2. The topological polar surface area (TPSA) is 73.6 Å². The van der Waals surface area contributed by atoms with E-state index < -0.39 is 0 Å². The predicted octanol–water partition coefficient (Wildman–Crippen LogP) is 4.39. The summed E-state index contributed by atoms with van der Waals surface area (Å²) >= 11 is 5.09. The second-order valence-electron chi connectivity index (χ2n) is 6.07. The van der Waals surface area contributed by atoms with E-state index in [9.17, 15) is 4.79 Å². The van der Waals surface area contributed by atoms with Gasteiger partial charge in [0.1, 0.15) is 5.76 Å². The number of halogens is 1. The Kier molecular flexibility index (Phi) is 6.74. The molecule has 0 saturated carbocycles. The fraction of sp³-hybridized carbons (Fsp3) is 0.300. The summed E-state index contributed by atoms with van der Waals surface area (Å²) in [7, 11) is 3.20. The molecule has 0 aliphatic rings. The van der Waals surface area contributed by atoms with Crippen molar-refractivity contribution in [2.24, 2.45) is 0 Å². The first kappa shape index (κ1) is 20.4. The van der Waals surface area contributed by atoms with Gasteiger partial charge in [0.05, 0.1) is 31.2 Å². The number of nitrogens with one attached hydrogen (secondary N) is 1. The highest BCUT2D eigenvalue weighted by Crippen LogP contribution is 2.33. The van der Waals surface area contributed by atoms with Gasteiger partial charge in [0.15, 0.2) is 11.5 Å². The molecule has 3 aromatic rings. The average molecular weight is 465 g/mol. The third-order valence-corrected chi connectivity index (χ3v) is 5.82. The number of rotatable bonds is 8. The second kappa shape index (κ2) is 9.25. The van der Waals surface area contributed by atoms with Gasteiger partial charge in [0.25, 0.3) is 0 Å². The van der Waals surface area contributed by atoms with Crippen molar-refractivity contribution in [2.45, 2.75) is 19.8 Å². The first-order valence-corrected chi connectivity index (χ1v) is 10.4. The van der Waals surface area contributed by atoms with E-state index in [0.29, 0.717) is 41.8 Å². The Morgan fingerprint density at radius 1 is 1.29 bits per heavy atom. The number of benzene rings is 1. The summed E-state index contributed by atoms with van der Waals surface area (Å²) in [4.78, 5) is 17.7. The van der Waals surface area contributed by atoms with Crippen molar-refractivity contribution < 1.29 is 18.7 Å². The molecule has 2 aromatic heterocycles. The minimum Gasteiger partial charge on any atom is -0.493 e. The molecule has 0 bridgehead atoms. The molecule has 6 nitrogen and oxygen atoms in total. The van der Waals surface area contributed by atoms with Gasteiger partial charge < -0.3 is 19.2 Å². The molecule has 0 spiro atoms. The smallest absolute Gasteiger partial charge is 0.236 e. The van der Waals surface area contributed by atoms with Crippen LogP contribution in [-0.4, -0.2) is 31.7 Å². The fourth-order valence-corrected chi connectivity index (χ4v) is 3.91. The zero-order valence-electron chi connectivity index (χ0n) is 15.9. The van der Waals surface area contributed by atoms with Crippen molar-refractivity contribution in [1.29, 1.82) is 0 Å². The Hall–Kier alpha value is -2.32. The van der Waals surface area contributed by atoms with Crippen LogP contribution in [0, 0.1) is 6.92 Å². The first-order valence-electron chi connectivity index (χ1n) is 8.69. The monoisotopic (exact) mass is 464 g/mol. The molecule has 0 atom stereocenters. The Morgan fingerprint density at radius 3 is 2.71 bits per heavy atom. The minimum absolute atomic E-state index is 0.0919. The van der Waals surface area contributed by atoms with Crippen molar-refractivity contribution in [2.75, 3.05) is 20.8 Å². The summed E-state index contributed by atoms with van der Waals surface area (Å²) in [6.07, 6.45) is 0.846. The number of aryl methyl sites for hydroxylation is 1. The molecule has 0 aliphatic carbocycles. The molecule has 1 aromatic carbocycles. The fourth-order valence-electron chi connectivity index (χ4n) is 2.74. The molecular weight excluding hydrogens is 444 g/mol. The Bertz CT molecular complexity index is 954. The summed E-state index contributed by atoms with van der Waals surface area (Å²) < 4.78 is 17.2. The highest BCUT2D eigenvalue weighted by atomic mass is 79.9. The van der Waals surface area contributed by atoms with E-state index in [0.717, 1.165) is 14.9 Å². The maximum absolute atomic E-state index is 12.3. The Labute approximate surface area is 176 Å². The number of carbonyl (C=O) groups is 1. The van der Waals surface area contributed by atoms with Gasteiger partial charge in [-0.15, -0.1) is 11.3 Å². The number of aromatic nitrogens is 1. The molecule has 8 heteroatoms. The van der Waals surface area contributed by atoms with Crippen LogP contribution in [-0.2, 0) is 17.6 Å². The third-order valence-electron chi connectivity index (χ3n) is 4.22. The lowest BCUT2D eigenvalue weighted by Crippen LogP contribution is -2.27.